The van der Waals surface area contributed by atoms with Crippen LogP contribution in [0, 0.1) is 0 Å². The number of ether oxygens (including phenoxy) is 1. The minimum absolute atomic E-state index is 0.140. The van der Waals surface area contributed by atoms with Gasteiger partial charge in [0.1, 0.15) is 18.0 Å². The van der Waals surface area contributed by atoms with Crippen molar-refractivity contribution >= 4 is 34.4 Å². The largest absolute Gasteiger partial charge is 0.457 e. The molecule has 2 heterocycles. The molecule has 2 aromatic heterocycles. The zero-order valence-electron chi connectivity index (χ0n) is 10.6. The monoisotopic (exact) mass is 284 g/mol. The minimum atomic E-state index is -0.378. The predicted octanol–water partition coefficient (Wildman–Crippen LogP) is 4.25. The smallest absolute Gasteiger partial charge is 0.331 e. The van der Waals surface area contributed by atoms with Crippen LogP contribution in [0.4, 0.5) is 0 Å². The van der Waals surface area contributed by atoms with Crippen molar-refractivity contribution in [2.24, 2.45) is 0 Å². The summed E-state index contributed by atoms with van der Waals surface area (Å²) in [5.74, 6) is 0.264. The first-order valence-corrected chi connectivity index (χ1v) is 7.10. The third kappa shape index (κ3) is 2.97. The van der Waals surface area contributed by atoms with Crippen molar-refractivity contribution < 1.29 is 13.9 Å². The maximum atomic E-state index is 11.6. The van der Waals surface area contributed by atoms with E-state index >= 15 is 0 Å². The standard InChI is InChI=1S/C16H12O3S/c17-16(6-5-12-7-8-20-11-12)18-10-14-9-13-3-1-2-4-15(13)19-14/h1-9,11H,10H2. The van der Waals surface area contributed by atoms with Crippen molar-refractivity contribution in [3.05, 3.63) is 64.6 Å². The number of rotatable bonds is 4. The van der Waals surface area contributed by atoms with E-state index in [-0.39, 0.29) is 12.6 Å². The summed E-state index contributed by atoms with van der Waals surface area (Å²) in [6.07, 6.45) is 3.15. The molecule has 3 nitrogen and oxygen atoms in total. The van der Waals surface area contributed by atoms with Gasteiger partial charge >= 0.3 is 5.97 Å². The van der Waals surface area contributed by atoms with Crippen LogP contribution in [0.15, 0.2) is 57.7 Å². The van der Waals surface area contributed by atoms with Crippen molar-refractivity contribution in [3.63, 3.8) is 0 Å². The average Bonchev–Trinajstić information content (AvgIpc) is 3.11. The number of benzene rings is 1. The molecule has 0 unspecified atom stereocenters. The molecular weight excluding hydrogens is 272 g/mol. The Balaban J connectivity index is 1.60. The summed E-state index contributed by atoms with van der Waals surface area (Å²) < 4.78 is 10.7. The molecule has 0 radical (unpaired) electrons. The second-order valence-corrected chi connectivity index (χ2v) is 5.03. The summed E-state index contributed by atoms with van der Waals surface area (Å²) >= 11 is 1.59. The molecule has 3 rings (SSSR count). The van der Waals surface area contributed by atoms with Crippen LogP contribution in [-0.2, 0) is 16.1 Å². The molecule has 100 valence electrons. The molecule has 20 heavy (non-hydrogen) atoms. The first-order valence-electron chi connectivity index (χ1n) is 6.16. The number of hydrogen-bond acceptors (Lipinski definition) is 4. The summed E-state index contributed by atoms with van der Waals surface area (Å²) in [6.45, 7) is 0.140. The lowest BCUT2D eigenvalue weighted by molar-refractivity contribution is -0.139. The van der Waals surface area contributed by atoms with E-state index < -0.39 is 0 Å². The van der Waals surface area contributed by atoms with Gasteiger partial charge in [0, 0.05) is 11.5 Å². The number of esters is 1. The first kappa shape index (κ1) is 12.7. The Morgan fingerprint density at radius 2 is 2.20 bits per heavy atom. The zero-order chi connectivity index (χ0) is 13.8. The quantitative estimate of drug-likeness (QED) is 0.531. The number of carbonyl (C=O) groups is 1. The molecule has 0 bridgehead atoms. The number of para-hydroxylation sites is 1. The van der Waals surface area contributed by atoms with E-state index in [0.717, 1.165) is 16.5 Å². The Kier molecular flexibility index (Phi) is 3.65. The molecule has 0 amide bonds. The van der Waals surface area contributed by atoms with Gasteiger partial charge < -0.3 is 9.15 Å². The fourth-order valence-electron chi connectivity index (χ4n) is 1.83. The predicted molar refractivity (Wildman–Crippen MR) is 79.4 cm³/mol. The van der Waals surface area contributed by atoms with Crippen LogP contribution in [-0.4, -0.2) is 5.97 Å². The van der Waals surface area contributed by atoms with E-state index in [0.29, 0.717) is 5.76 Å². The number of hydrogen-bond donors (Lipinski definition) is 0. The molecule has 1 aromatic carbocycles. The van der Waals surface area contributed by atoms with Crippen molar-refractivity contribution in [2.75, 3.05) is 0 Å². The lowest BCUT2D eigenvalue weighted by atomic mass is 10.2. The topological polar surface area (TPSA) is 39.4 Å². The summed E-state index contributed by atoms with van der Waals surface area (Å²) in [5, 5.41) is 4.93. The molecule has 0 aliphatic rings. The highest BCUT2D eigenvalue weighted by molar-refractivity contribution is 7.08. The van der Waals surface area contributed by atoms with Crippen LogP contribution in [0.1, 0.15) is 11.3 Å². The van der Waals surface area contributed by atoms with Gasteiger partial charge in [0.25, 0.3) is 0 Å². The van der Waals surface area contributed by atoms with Crippen molar-refractivity contribution in [2.45, 2.75) is 6.61 Å². The van der Waals surface area contributed by atoms with Crippen molar-refractivity contribution in [1.82, 2.24) is 0 Å². The fourth-order valence-corrected chi connectivity index (χ4v) is 2.46. The van der Waals surface area contributed by atoms with Crippen LogP contribution >= 0.6 is 11.3 Å². The van der Waals surface area contributed by atoms with Gasteiger partial charge in [-0.25, -0.2) is 4.79 Å². The fraction of sp³-hybridized carbons (Fsp3) is 0.0625. The summed E-state index contributed by atoms with van der Waals surface area (Å²) in [4.78, 5) is 11.6. The molecule has 0 saturated heterocycles. The zero-order valence-corrected chi connectivity index (χ0v) is 11.4. The number of fused-ring (bicyclic) bond motifs is 1. The second kappa shape index (κ2) is 5.75. The summed E-state index contributed by atoms with van der Waals surface area (Å²) in [5.41, 5.74) is 1.79. The molecule has 0 aliphatic heterocycles. The molecule has 3 aromatic rings. The number of furan rings is 1. The van der Waals surface area contributed by atoms with Gasteiger partial charge in [-0.05, 0) is 40.6 Å². The van der Waals surface area contributed by atoms with Crippen molar-refractivity contribution in [1.29, 1.82) is 0 Å². The third-order valence-corrected chi connectivity index (χ3v) is 3.49. The molecule has 0 fully saturated rings. The van der Waals surface area contributed by atoms with E-state index in [4.69, 9.17) is 9.15 Å². The van der Waals surface area contributed by atoms with Gasteiger partial charge in [0.2, 0.25) is 0 Å². The molecule has 0 spiro atoms. The van der Waals surface area contributed by atoms with E-state index in [2.05, 4.69) is 0 Å². The van der Waals surface area contributed by atoms with E-state index in [9.17, 15) is 4.79 Å². The molecule has 4 heteroatoms. The van der Waals surface area contributed by atoms with Gasteiger partial charge in [-0.2, -0.15) is 11.3 Å². The summed E-state index contributed by atoms with van der Waals surface area (Å²) in [7, 11) is 0. The second-order valence-electron chi connectivity index (χ2n) is 4.25. The SMILES string of the molecule is O=C(C=Cc1ccsc1)OCc1cc2ccccc2o1. The Labute approximate surface area is 120 Å². The van der Waals surface area contributed by atoms with Gasteiger partial charge in [-0.3, -0.25) is 0 Å². The molecule has 0 saturated carbocycles. The Bertz CT molecular complexity index is 705. The Morgan fingerprint density at radius 3 is 3.00 bits per heavy atom. The van der Waals surface area contributed by atoms with Crippen molar-refractivity contribution in [3.8, 4) is 0 Å². The van der Waals surface area contributed by atoms with E-state index in [1.54, 1.807) is 17.4 Å². The first-order chi connectivity index (χ1) is 9.81. The van der Waals surface area contributed by atoms with Crippen LogP contribution in [0.25, 0.3) is 17.0 Å². The maximum Gasteiger partial charge on any atom is 0.331 e. The van der Waals surface area contributed by atoms with Crippen LogP contribution in [0.3, 0.4) is 0 Å². The molecule has 0 N–H and O–H groups in total. The normalized spacial score (nSPS) is 11.2. The highest BCUT2D eigenvalue weighted by Gasteiger charge is 2.05. The van der Waals surface area contributed by atoms with Gasteiger partial charge in [-0.15, -0.1) is 0 Å². The van der Waals surface area contributed by atoms with E-state index in [1.807, 2.05) is 47.2 Å². The highest BCUT2D eigenvalue weighted by Crippen LogP contribution is 2.19. The third-order valence-electron chi connectivity index (χ3n) is 2.79. The number of carbonyl (C=O) groups excluding carboxylic acids is 1. The minimum Gasteiger partial charge on any atom is -0.457 e. The average molecular weight is 284 g/mol. The molecule has 0 atom stereocenters. The maximum absolute atomic E-state index is 11.6. The van der Waals surface area contributed by atoms with Gasteiger partial charge in [0.05, 0.1) is 0 Å². The van der Waals surface area contributed by atoms with Gasteiger partial charge in [0.15, 0.2) is 0 Å². The Morgan fingerprint density at radius 1 is 1.30 bits per heavy atom. The van der Waals surface area contributed by atoms with Crippen LogP contribution in [0.5, 0.6) is 0 Å². The lowest BCUT2D eigenvalue weighted by Gasteiger charge is -1.97. The van der Waals surface area contributed by atoms with Crippen LogP contribution in [0.2, 0.25) is 0 Å². The van der Waals surface area contributed by atoms with Gasteiger partial charge in [-0.1, -0.05) is 18.2 Å². The molecule has 0 aliphatic carbocycles. The lowest BCUT2D eigenvalue weighted by Crippen LogP contribution is -1.99. The van der Waals surface area contributed by atoms with Crippen LogP contribution < -0.4 is 0 Å². The highest BCUT2D eigenvalue weighted by atomic mass is 32.1. The number of thiophene rings is 1. The Hall–Kier alpha value is -2.33. The summed E-state index contributed by atoms with van der Waals surface area (Å²) in [6, 6.07) is 11.5. The van der Waals surface area contributed by atoms with E-state index in [1.165, 1.54) is 6.08 Å². The molecular formula is C16H12O3S.